The summed E-state index contributed by atoms with van der Waals surface area (Å²) >= 11 is 8.34. The van der Waals surface area contributed by atoms with E-state index in [0.717, 1.165) is 17.8 Å². The number of amides is 1. The monoisotopic (exact) mass is 361 g/mol. The Morgan fingerprint density at radius 2 is 2.27 bits per heavy atom. The number of nitrogens with one attached hydrogen (secondary N) is 1. The third-order valence-electron chi connectivity index (χ3n) is 2.55. The zero-order valence-corrected chi connectivity index (χ0v) is 14.2. The van der Waals surface area contributed by atoms with Crippen LogP contribution in [0.4, 0.5) is 10.1 Å². The fourth-order valence-corrected chi connectivity index (χ4v) is 2.72. The van der Waals surface area contributed by atoms with Gasteiger partial charge in [0.15, 0.2) is 0 Å². The Morgan fingerprint density at radius 1 is 1.50 bits per heavy atom. The van der Waals surface area contributed by atoms with Gasteiger partial charge in [0.2, 0.25) is 11.8 Å². The van der Waals surface area contributed by atoms with Crippen LogP contribution < -0.4 is 5.32 Å². The predicted molar refractivity (Wildman–Crippen MR) is 86.9 cm³/mol. The molecule has 1 atom stereocenters. The van der Waals surface area contributed by atoms with Gasteiger partial charge in [-0.2, -0.15) is 11.8 Å². The lowest BCUT2D eigenvalue weighted by Gasteiger charge is -2.10. The van der Waals surface area contributed by atoms with E-state index in [1.807, 2.05) is 6.26 Å². The largest absolute Gasteiger partial charge is 0.415 e. The van der Waals surface area contributed by atoms with Gasteiger partial charge in [-0.15, -0.1) is 10.2 Å². The standard InChI is InChI=1S/C13H13ClFN3O2S2/c1-7(22-13-18-17-11(20-13)6-21-2)12(19)16-10-4-3-8(14)5-9(10)15/h3-5,7H,6H2,1-2H3,(H,16,19). The first-order chi connectivity index (χ1) is 10.5. The summed E-state index contributed by atoms with van der Waals surface area (Å²) in [7, 11) is 0. The molecule has 2 aromatic rings. The second-order valence-electron chi connectivity index (χ2n) is 4.27. The summed E-state index contributed by atoms with van der Waals surface area (Å²) in [6, 6.07) is 4.06. The molecule has 0 radical (unpaired) electrons. The molecule has 1 aromatic carbocycles. The van der Waals surface area contributed by atoms with Crippen LogP contribution in [0.3, 0.4) is 0 Å². The molecule has 1 aromatic heterocycles. The number of carbonyl (C=O) groups excluding carboxylic acids is 1. The molecule has 0 aliphatic rings. The van der Waals surface area contributed by atoms with Crippen molar-refractivity contribution in [3.05, 3.63) is 34.9 Å². The predicted octanol–water partition coefficient (Wildman–Crippen LogP) is 3.84. The molecule has 2 rings (SSSR count). The Labute approximate surface area is 140 Å². The average Bonchev–Trinajstić information content (AvgIpc) is 2.89. The second-order valence-corrected chi connectivity index (χ2v) is 6.86. The maximum atomic E-state index is 13.6. The topological polar surface area (TPSA) is 68.0 Å². The number of aromatic nitrogens is 2. The van der Waals surface area contributed by atoms with Gasteiger partial charge in [-0.1, -0.05) is 23.4 Å². The van der Waals surface area contributed by atoms with Gasteiger partial charge < -0.3 is 9.73 Å². The Bertz CT molecular complexity index is 668. The molecule has 0 spiro atoms. The van der Waals surface area contributed by atoms with Crippen molar-refractivity contribution >= 4 is 46.7 Å². The summed E-state index contributed by atoms with van der Waals surface area (Å²) in [4.78, 5) is 12.1. The molecule has 0 aliphatic heterocycles. The molecule has 9 heteroatoms. The van der Waals surface area contributed by atoms with Crippen molar-refractivity contribution in [3.63, 3.8) is 0 Å². The lowest BCUT2D eigenvalue weighted by Crippen LogP contribution is -2.23. The number of benzene rings is 1. The maximum Gasteiger partial charge on any atom is 0.277 e. The number of carbonyl (C=O) groups is 1. The van der Waals surface area contributed by atoms with Crippen LogP contribution in [0.25, 0.3) is 0 Å². The first kappa shape index (κ1) is 17.1. The SMILES string of the molecule is CSCc1nnc(SC(C)C(=O)Nc2ccc(Cl)cc2F)o1. The van der Waals surface area contributed by atoms with Crippen LogP contribution in [0.15, 0.2) is 27.8 Å². The number of anilines is 1. The van der Waals surface area contributed by atoms with Gasteiger partial charge in [0.1, 0.15) is 5.82 Å². The van der Waals surface area contributed by atoms with E-state index in [2.05, 4.69) is 15.5 Å². The minimum Gasteiger partial charge on any atom is -0.415 e. The van der Waals surface area contributed by atoms with Gasteiger partial charge in [-0.25, -0.2) is 4.39 Å². The number of hydrogen-bond donors (Lipinski definition) is 1. The highest BCUT2D eigenvalue weighted by Gasteiger charge is 2.19. The van der Waals surface area contributed by atoms with Crippen molar-refractivity contribution < 1.29 is 13.6 Å². The fourth-order valence-electron chi connectivity index (χ4n) is 1.50. The molecule has 1 amide bonds. The highest BCUT2D eigenvalue weighted by atomic mass is 35.5. The van der Waals surface area contributed by atoms with E-state index in [1.165, 1.54) is 12.1 Å². The van der Waals surface area contributed by atoms with Crippen molar-refractivity contribution in [1.82, 2.24) is 10.2 Å². The molecule has 1 heterocycles. The van der Waals surface area contributed by atoms with E-state index in [-0.39, 0.29) is 16.6 Å². The Hall–Kier alpha value is -1.25. The summed E-state index contributed by atoms with van der Waals surface area (Å²) < 4.78 is 19.0. The number of hydrogen-bond acceptors (Lipinski definition) is 6. The smallest absolute Gasteiger partial charge is 0.277 e. The van der Waals surface area contributed by atoms with E-state index in [4.69, 9.17) is 16.0 Å². The first-order valence-corrected chi connectivity index (χ1v) is 8.88. The average molecular weight is 362 g/mol. The van der Waals surface area contributed by atoms with E-state index in [0.29, 0.717) is 16.9 Å². The van der Waals surface area contributed by atoms with Gasteiger partial charge in [-0.3, -0.25) is 4.79 Å². The van der Waals surface area contributed by atoms with Gasteiger partial charge >= 0.3 is 0 Å². The molecule has 1 unspecified atom stereocenters. The van der Waals surface area contributed by atoms with Crippen molar-refractivity contribution in [2.45, 2.75) is 23.1 Å². The van der Waals surface area contributed by atoms with Gasteiger partial charge in [0.05, 0.1) is 16.7 Å². The number of rotatable bonds is 6. The molecule has 0 saturated heterocycles. The maximum absolute atomic E-state index is 13.6. The molecule has 0 saturated carbocycles. The van der Waals surface area contributed by atoms with Gasteiger partial charge in [0, 0.05) is 5.02 Å². The van der Waals surface area contributed by atoms with Crippen LogP contribution >= 0.6 is 35.1 Å². The number of thioether (sulfide) groups is 2. The van der Waals surface area contributed by atoms with Crippen LogP contribution in [-0.2, 0) is 10.5 Å². The van der Waals surface area contributed by atoms with Crippen LogP contribution in [-0.4, -0.2) is 27.6 Å². The third kappa shape index (κ3) is 4.62. The zero-order valence-electron chi connectivity index (χ0n) is 11.8. The van der Waals surface area contributed by atoms with E-state index >= 15 is 0 Å². The summed E-state index contributed by atoms with van der Waals surface area (Å²) in [5.74, 6) is 0.171. The Morgan fingerprint density at radius 3 is 2.95 bits per heavy atom. The summed E-state index contributed by atoms with van der Waals surface area (Å²) in [5, 5.41) is 10.3. The zero-order chi connectivity index (χ0) is 16.1. The van der Waals surface area contributed by atoms with Gasteiger partial charge in [-0.05, 0) is 31.4 Å². The minimum atomic E-state index is -0.585. The third-order valence-corrected chi connectivity index (χ3v) is 4.26. The summed E-state index contributed by atoms with van der Waals surface area (Å²) in [6.07, 6.45) is 1.92. The fraction of sp³-hybridized carbons (Fsp3) is 0.308. The summed E-state index contributed by atoms with van der Waals surface area (Å²) in [5.41, 5.74) is 0.0791. The van der Waals surface area contributed by atoms with Crippen molar-refractivity contribution in [3.8, 4) is 0 Å². The molecule has 0 bridgehead atoms. The molecule has 118 valence electrons. The Kier molecular flexibility index (Phi) is 6.10. The highest BCUT2D eigenvalue weighted by molar-refractivity contribution is 8.00. The van der Waals surface area contributed by atoms with Crippen molar-refractivity contribution in [1.29, 1.82) is 0 Å². The van der Waals surface area contributed by atoms with Crippen LogP contribution in [0.1, 0.15) is 12.8 Å². The van der Waals surface area contributed by atoms with Crippen LogP contribution in [0.5, 0.6) is 0 Å². The molecule has 5 nitrogen and oxygen atoms in total. The van der Waals surface area contributed by atoms with Gasteiger partial charge in [0.25, 0.3) is 5.22 Å². The van der Waals surface area contributed by atoms with Crippen LogP contribution in [0, 0.1) is 5.82 Å². The quantitative estimate of drug-likeness (QED) is 0.788. The van der Waals surface area contributed by atoms with E-state index in [1.54, 1.807) is 18.7 Å². The number of halogens is 2. The highest BCUT2D eigenvalue weighted by Crippen LogP contribution is 2.25. The van der Waals surface area contributed by atoms with Crippen molar-refractivity contribution in [2.24, 2.45) is 0 Å². The molecule has 1 N–H and O–H groups in total. The number of nitrogens with zero attached hydrogens (tertiary/aromatic N) is 2. The Balaban J connectivity index is 1.96. The van der Waals surface area contributed by atoms with E-state index in [9.17, 15) is 9.18 Å². The van der Waals surface area contributed by atoms with E-state index < -0.39 is 11.1 Å². The second kappa shape index (κ2) is 7.85. The summed E-state index contributed by atoms with van der Waals surface area (Å²) in [6.45, 7) is 1.67. The molecule has 22 heavy (non-hydrogen) atoms. The molecule has 0 fully saturated rings. The minimum absolute atomic E-state index is 0.0791. The first-order valence-electron chi connectivity index (χ1n) is 6.23. The normalized spacial score (nSPS) is 12.2. The molecular weight excluding hydrogens is 349 g/mol. The lowest BCUT2D eigenvalue weighted by molar-refractivity contribution is -0.115. The van der Waals surface area contributed by atoms with Crippen molar-refractivity contribution in [2.75, 3.05) is 11.6 Å². The molecular formula is C13H13ClFN3O2S2. The molecule has 0 aliphatic carbocycles. The lowest BCUT2D eigenvalue weighted by atomic mass is 10.3. The van der Waals surface area contributed by atoms with Crippen LogP contribution in [0.2, 0.25) is 5.02 Å².